The van der Waals surface area contributed by atoms with Crippen LogP contribution in [0.3, 0.4) is 0 Å². The third-order valence-electron chi connectivity index (χ3n) is 3.57. The van der Waals surface area contributed by atoms with E-state index in [2.05, 4.69) is 20.7 Å². The van der Waals surface area contributed by atoms with E-state index in [1.807, 2.05) is 23.7 Å². The van der Waals surface area contributed by atoms with Gasteiger partial charge in [-0.2, -0.15) is 0 Å². The summed E-state index contributed by atoms with van der Waals surface area (Å²) in [6.45, 7) is 2.01. The number of carbonyl (C=O) groups excluding carboxylic acids is 1. The lowest BCUT2D eigenvalue weighted by Gasteiger charge is -2.07. The molecule has 3 aromatic rings. The second kappa shape index (κ2) is 8.92. The number of para-hydroxylation sites is 1. The average Bonchev–Trinajstić information content (AvgIpc) is 3.20. The van der Waals surface area contributed by atoms with E-state index >= 15 is 0 Å². The van der Waals surface area contributed by atoms with Crippen LogP contribution >= 0.6 is 23.4 Å². The number of nitrogens with one attached hydrogen (secondary N) is 1. The Morgan fingerprint density at radius 1 is 1.37 bits per heavy atom. The number of amides is 1. The molecule has 3 rings (SSSR count). The maximum Gasteiger partial charge on any atom is 0.226 e. The van der Waals surface area contributed by atoms with Gasteiger partial charge in [0.15, 0.2) is 16.8 Å². The number of benzene rings is 1. The Balaban J connectivity index is 1.47. The monoisotopic (exact) mass is 407 g/mol. The largest absolute Gasteiger partial charge is 0.484 e. The predicted molar refractivity (Wildman–Crippen MR) is 102 cm³/mol. The van der Waals surface area contributed by atoms with Gasteiger partial charge in [0.25, 0.3) is 0 Å². The molecule has 27 heavy (non-hydrogen) atoms. The number of hydrogen-bond donors (Lipinski definition) is 1. The Labute approximate surface area is 165 Å². The molecule has 0 bridgehead atoms. The molecule has 0 aliphatic carbocycles. The number of halogens is 1. The number of thioether (sulfide) groups is 1. The van der Waals surface area contributed by atoms with Crippen molar-refractivity contribution in [2.75, 3.05) is 11.1 Å². The van der Waals surface area contributed by atoms with Crippen LogP contribution < -0.4 is 10.1 Å². The lowest BCUT2D eigenvalue weighted by molar-refractivity contribution is -0.115. The second-order valence-electron chi connectivity index (χ2n) is 5.65. The molecule has 1 amide bonds. The van der Waals surface area contributed by atoms with Crippen LogP contribution in [0.15, 0.2) is 40.0 Å². The fourth-order valence-electron chi connectivity index (χ4n) is 2.17. The number of hydrogen-bond acceptors (Lipinski definition) is 7. The molecular weight excluding hydrogens is 390 g/mol. The van der Waals surface area contributed by atoms with Crippen LogP contribution in [0.1, 0.15) is 18.0 Å². The molecule has 0 saturated carbocycles. The van der Waals surface area contributed by atoms with E-state index in [4.69, 9.17) is 20.9 Å². The van der Waals surface area contributed by atoms with Crippen molar-refractivity contribution in [2.24, 2.45) is 7.05 Å². The fourth-order valence-corrected chi connectivity index (χ4v) is 3.22. The van der Waals surface area contributed by atoms with Crippen molar-refractivity contribution in [3.8, 4) is 5.75 Å². The zero-order chi connectivity index (χ0) is 19.2. The predicted octanol–water partition coefficient (Wildman–Crippen LogP) is 3.46. The van der Waals surface area contributed by atoms with Gasteiger partial charge in [-0.1, -0.05) is 40.7 Å². The topological polar surface area (TPSA) is 95.1 Å². The first-order valence-electron chi connectivity index (χ1n) is 8.14. The molecule has 10 heteroatoms. The molecule has 0 unspecified atom stereocenters. The van der Waals surface area contributed by atoms with Crippen molar-refractivity contribution in [1.29, 1.82) is 0 Å². The van der Waals surface area contributed by atoms with Gasteiger partial charge in [0.05, 0.1) is 5.02 Å². The highest BCUT2D eigenvalue weighted by molar-refractivity contribution is 7.99. The molecule has 142 valence electrons. The molecule has 1 aromatic carbocycles. The zero-order valence-corrected chi connectivity index (χ0v) is 16.4. The third kappa shape index (κ3) is 5.24. The average molecular weight is 408 g/mol. The molecular formula is C17H18ClN5O3S. The fraction of sp³-hybridized carbons (Fsp3) is 0.294. The Kier molecular flexibility index (Phi) is 6.36. The van der Waals surface area contributed by atoms with Crippen molar-refractivity contribution in [1.82, 2.24) is 19.9 Å². The summed E-state index contributed by atoms with van der Waals surface area (Å²) in [6, 6.07) is 8.92. The number of aromatic nitrogens is 4. The van der Waals surface area contributed by atoms with E-state index in [1.54, 1.807) is 25.1 Å². The Hall–Kier alpha value is -2.52. The highest BCUT2D eigenvalue weighted by Crippen LogP contribution is 2.24. The van der Waals surface area contributed by atoms with Gasteiger partial charge in [0, 0.05) is 25.3 Å². The van der Waals surface area contributed by atoms with Crippen molar-refractivity contribution in [3.05, 3.63) is 46.9 Å². The van der Waals surface area contributed by atoms with Crippen molar-refractivity contribution < 1.29 is 14.1 Å². The minimum Gasteiger partial charge on any atom is -0.484 e. The molecule has 1 N–H and O–H groups in total. The summed E-state index contributed by atoms with van der Waals surface area (Å²) in [5.74, 6) is 2.74. The van der Waals surface area contributed by atoms with E-state index in [1.165, 1.54) is 11.8 Å². The lowest BCUT2D eigenvalue weighted by atomic mass is 10.3. The number of ether oxygens (including phenoxy) is 1. The van der Waals surface area contributed by atoms with Gasteiger partial charge in [-0.05, 0) is 19.1 Å². The summed E-state index contributed by atoms with van der Waals surface area (Å²) >= 11 is 7.51. The van der Waals surface area contributed by atoms with Gasteiger partial charge in [-0.15, -0.1) is 10.2 Å². The number of nitrogens with zero attached hydrogens (tertiary/aromatic N) is 4. The molecule has 0 atom stereocenters. The highest BCUT2D eigenvalue weighted by atomic mass is 35.5. The number of rotatable bonds is 8. The van der Waals surface area contributed by atoms with Gasteiger partial charge in [0.2, 0.25) is 5.91 Å². The van der Waals surface area contributed by atoms with Gasteiger partial charge >= 0.3 is 0 Å². The van der Waals surface area contributed by atoms with E-state index in [0.29, 0.717) is 45.5 Å². The Morgan fingerprint density at radius 2 is 2.19 bits per heavy atom. The van der Waals surface area contributed by atoms with Crippen molar-refractivity contribution >= 4 is 35.1 Å². The van der Waals surface area contributed by atoms with Crippen molar-refractivity contribution in [2.45, 2.75) is 25.1 Å². The molecule has 0 radical (unpaired) electrons. The molecule has 0 spiro atoms. The minimum absolute atomic E-state index is 0.139. The van der Waals surface area contributed by atoms with Crippen LogP contribution in [0, 0.1) is 6.92 Å². The normalized spacial score (nSPS) is 10.8. The van der Waals surface area contributed by atoms with E-state index in [9.17, 15) is 4.79 Å². The van der Waals surface area contributed by atoms with Gasteiger partial charge in [-0.25, -0.2) is 0 Å². The minimum atomic E-state index is -0.139. The van der Waals surface area contributed by atoms with Gasteiger partial charge in [-0.3, -0.25) is 4.79 Å². The van der Waals surface area contributed by atoms with Crippen LogP contribution in [0.5, 0.6) is 5.75 Å². The Bertz CT molecular complexity index is 927. The SMILES string of the molecule is Cc1cc(NC(=O)CCSc2nnc(COc3ccccc3Cl)n2C)no1. The molecule has 2 heterocycles. The summed E-state index contributed by atoms with van der Waals surface area (Å²) in [7, 11) is 1.85. The molecule has 0 aliphatic rings. The maximum absolute atomic E-state index is 11.9. The van der Waals surface area contributed by atoms with Crippen LogP contribution in [0.4, 0.5) is 5.82 Å². The van der Waals surface area contributed by atoms with E-state index in [0.717, 1.165) is 0 Å². The first-order chi connectivity index (χ1) is 13.0. The summed E-state index contributed by atoms with van der Waals surface area (Å²) in [5, 5.41) is 15.9. The second-order valence-corrected chi connectivity index (χ2v) is 7.12. The van der Waals surface area contributed by atoms with E-state index < -0.39 is 0 Å². The zero-order valence-electron chi connectivity index (χ0n) is 14.8. The summed E-state index contributed by atoms with van der Waals surface area (Å²) < 4.78 is 12.4. The summed E-state index contributed by atoms with van der Waals surface area (Å²) in [6.07, 6.45) is 0.314. The standard InChI is InChI=1S/C17H18ClN5O3S/c1-11-9-14(22-26-11)19-16(24)7-8-27-17-21-20-15(23(17)2)10-25-13-6-4-3-5-12(13)18/h3-6,9H,7-8,10H2,1-2H3,(H,19,22,24). The maximum atomic E-state index is 11.9. The molecule has 2 aromatic heterocycles. The quantitative estimate of drug-likeness (QED) is 0.571. The van der Waals surface area contributed by atoms with Crippen LogP contribution in [0.25, 0.3) is 0 Å². The number of anilines is 1. The van der Waals surface area contributed by atoms with Crippen LogP contribution in [-0.4, -0.2) is 31.6 Å². The lowest BCUT2D eigenvalue weighted by Crippen LogP contribution is -2.12. The first-order valence-corrected chi connectivity index (χ1v) is 9.51. The first kappa shape index (κ1) is 19.2. The highest BCUT2D eigenvalue weighted by Gasteiger charge is 2.12. The molecule has 0 saturated heterocycles. The van der Waals surface area contributed by atoms with Crippen LogP contribution in [0.2, 0.25) is 5.02 Å². The Morgan fingerprint density at radius 3 is 2.93 bits per heavy atom. The van der Waals surface area contributed by atoms with E-state index in [-0.39, 0.29) is 12.5 Å². The van der Waals surface area contributed by atoms with Crippen LogP contribution in [-0.2, 0) is 18.4 Å². The third-order valence-corrected chi connectivity index (χ3v) is 4.91. The summed E-state index contributed by atoms with van der Waals surface area (Å²) in [5.41, 5.74) is 0. The molecule has 0 aliphatic heterocycles. The number of aryl methyl sites for hydroxylation is 1. The smallest absolute Gasteiger partial charge is 0.226 e. The molecule has 8 nitrogen and oxygen atoms in total. The van der Waals surface area contributed by atoms with Gasteiger partial charge in [0.1, 0.15) is 18.1 Å². The molecule has 0 fully saturated rings. The summed E-state index contributed by atoms with van der Waals surface area (Å²) in [4.78, 5) is 11.9. The van der Waals surface area contributed by atoms with Gasteiger partial charge < -0.3 is 19.1 Å². The number of carbonyl (C=O) groups is 1. The van der Waals surface area contributed by atoms with Crippen molar-refractivity contribution in [3.63, 3.8) is 0 Å².